The van der Waals surface area contributed by atoms with E-state index in [4.69, 9.17) is 0 Å². The third-order valence-electron chi connectivity index (χ3n) is 4.33. The molecule has 1 aromatic rings. The minimum atomic E-state index is -0.866. The molecule has 114 valence electrons. The zero-order chi connectivity index (χ0) is 15.8. The minimum Gasteiger partial charge on any atom is -0.340 e. The average Bonchev–Trinajstić information content (AvgIpc) is 2.42. The van der Waals surface area contributed by atoms with Crippen LogP contribution < -0.4 is 5.32 Å². The predicted octanol–water partition coefficient (Wildman–Crippen LogP) is 2.65. The number of hydrogen-bond acceptors (Lipinski definition) is 2. The lowest BCUT2D eigenvalue weighted by Crippen LogP contribution is -2.68. The lowest BCUT2D eigenvalue weighted by molar-refractivity contribution is -0.161. The Balaban J connectivity index is 2.55. The Hall–Kier alpha value is -1.84. The van der Waals surface area contributed by atoms with E-state index in [0.717, 1.165) is 12.0 Å². The third kappa shape index (κ3) is 2.67. The Morgan fingerprint density at radius 2 is 1.76 bits per heavy atom. The van der Waals surface area contributed by atoms with Crippen LogP contribution in [0.2, 0.25) is 0 Å². The van der Waals surface area contributed by atoms with Gasteiger partial charge in [0.05, 0.1) is 0 Å². The lowest BCUT2D eigenvalue weighted by atomic mass is 9.86. The molecule has 1 aromatic carbocycles. The molecule has 2 amide bonds. The fraction of sp³-hybridized carbons (Fsp3) is 0.529. The first-order chi connectivity index (χ1) is 9.70. The zero-order valence-corrected chi connectivity index (χ0v) is 13.4. The van der Waals surface area contributed by atoms with Crippen molar-refractivity contribution in [3.05, 3.63) is 35.9 Å². The van der Waals surface area contributed by atoms with Crippen LogP contribution in [0.1, 0.15) is 52.6 Å². The molecule has 0 aliphatic carbocycles. The van der Waals surface area contributed by atoms with E-state index >= 15 is 0 Å². The van der Waals surface area contributed by atoms with E-state index in [-0.39, 0.29) is 17.4 Å². The Labute approximate surface area is 126 Å². The highest BCUT2D eigenvalue weighted by Gasteiger charge is 2.50. The molecule has 4 heteroatoms. The van der Waals surface area contributed by atoms with Crippen LogP contribution in [-0.4, -0.2) is 27.8 Å². The second kappa shape index (κ2) is 5.17. The highest BCUT2D eigenvalue weighted by molar-refractivity contribution is 6.00. The van der Waals surface area contributed by atoms with Crippen molar-refractivity contribution in [2.45, 2.75) is 58.2 Å². The van der Waals surface area contributed by atoms with E-state index in [2.05, 4.69) is 5.32 Å². The number of rotatable bonds is 3. The van der Waals surface area contributed by atoms with Gasteiger partial charge in [0.25, 0.3) is 0 Å². The molecule has 1 fully saturated rings. The van der Waals surface area contributed by atoms with Gasteiger partial charge in [-0.25, -0.2) is 0 Å². The monoisotopic (exact) mass is 288 g/mol. The molecule has 2 rings (SSSR count). The summed E-state index contributed by atoms with van der Waals surface area (Å²) in [6.45, 7) is 9.57. The summed E-state index contributed by atoms with van der Waals surface area (Å²) in [4.78, 5) is 27.3. The SMILES string of the molecule is CCC(C)(C)N1C(=O)C(C)(C)NC(=O)C1c1ccccc1. The topological polar surface area (TPSA) is 49.4 Å². The van der Waals surface area contributed by atoms with Crippen LogP contribution >= 0.6 is 0 Å². The standard InChI is InChI=1S/C17H24N2O2/c1-6-16(2,3)19-13(12-10-8-7-9-11-12)14(20)18-17(4,5)15(19)21/h7-11,13H,6H2,1-5H3,(H,18,20). The van der Waals surface area contributed by atoms with Gasteiger partial charge in [0, 0.05) is 5.54 Å². The molecule has 1 saturated heterocycles. The molecule has 0 bridgehead atoms. The molecule has 1 aliphatic rings. The summed E-state index contributed by atoms with van der Waals surface area (Å²) in [5.41, 5.74) is -0.401. The number of amides is 2. The maximum absolute atomic E-state index is 12.9. The van der Waals surface area contributed by atoms with E-state index < -0.39 is 11.6 Å². The van der Waals surface area contributed by atoms with Gasteiger partial charge in [0.2, 0.25) is 11.8 Å². The molecule has 0 radical (unpaired) electrons. The Morgan fingerprint density at radius 3 is 2.29 bits per heavy atom. The molecule has 0 spiro atoms. The summed E-state index contributed by atoms with van der Waals surface area (Å²) in [6.07, 6.45) is 0.783. The highest BCUT2D eigenvalue weighted by Crippen LogP contribution is 2.36. The summed E-state index contributed by atoms with van der Waals surface area (Å²) in [5, 5.41) is 2.85. The van der Waals surface area contributed by atoms with E-state index in [9.17, 15) is 9.59 Å². The Bertz CT molecular complexity index is 549. The number of carbonyl (C=O) groups is 2. The van der Waals surface area contributed by atoms with Crippen LogP contribution in [0, 0.1) is 0 Å². The molecule has 21 heavy (non-hydrogen) atoms. The number of piperazine rings is 1. The quantitative estimate of drug-likeness (QED) is 0.929. The number of benzene rings is 1. The molecule has 1 unspecified atom stereocenters. The van der Waals surface area contributed by atoms with Gasteiger partial charge >= 0.3 is 0 Å². The second-order valence-corrected chi connectivity index (χ2v) is 6.77. The zero-order valence-electron chi connectivity index (χ0n) is 13.4. The van der Waals surface area contributed by atoms with Crippen molar-refractivity contribution < 1.29 is 9.59 Å². The Morgan fingerprint density at radius 1 is 1.19 bits per heavy atom. The molecule has 1 aliphatic heterocycles. The van der Waals surface area contributed by atoms with Crippen molar-refractivity contribution >= 4 is 11.8 Å². The maximum Gasteiger partial charge on any atom is 0.249 e. The minimum absolute atomic E-state index is 0.0391. The smallest absolute Gasteiger partial charge is 0.249 e. The van der Waals surface area contributed by atoms with Crippen molar-refractivity contribution in [2.24, 2.45) is 0 Å². The first-order valence-corrected chi connectivity index (χ1v) is 7.41. The van der Waals surface area contributed by atoms with Gasteiger partial charge in [-0.1, -0.05) is 37.3 Å². The van der Waals surface area contributed by atoms with E-state index in [1.807, 2.05) is 51.1 Å². The van der Waals surface area contributed by atoms with E-state index in [1.54, 1.807) is 18.7 Å². The lowest BCUT2D eigenvalue weighted by Gasteiger charge is -2.50. The van der Waals surface area contributed by atoms with Gasteiger partial charge in [-0.15, -0.1) is 0 Å². The van der Waals surface area contributed by atoms with Crippen molar-refractivity contribution in [3.63, 3.8) is 0 Å². The second-order valence-electron chi connectivity index (χ2n) is 6.77. The van der Waals surface area contributed by atoms with Gasteiger partial charge < -0.3 is 10.2 Å². The Kier molecular flexibility index (Phi) is 3.83. The molecule has 1 atom stereocenters. The van der Waals surface area contributed by atoms with Crippen LogP contribution in [0.4, 0.5) is 0 Å². The van der Waals surface area contributed by atoms with Crippen molar-refractivity contribution in [1.82, 2.24) is 10.2 Å². The molecule has 0 aromatic heterocycles. The molecule has 1 heterocycles. The summed E-state index contributed by atoms with van der Waals surface area (Å²) >= 11 is 0. The third-order valence-corrected chi connectivity index (χ3v) is 4.33. The summed E-state index contributed by atoms with van der Waals surface area (Å²) in [5.74, 6) is -0.157. The molecular weight excluding hydrogens is 264 g/mol. The normalized spacial score (nSPS) is 22.1. The van der Waals surface area contributed by atoms with Crippen LogP contribution in [0.25, 0.3) is 0 Å². The van der Waals surface area contributed by atoms with Crippen LogP contribution in [0.5, 0.6) is 0 Å². The molecular formula is C17H24N2O2. The van der Waals surface area contributed by atoms with E-state index in [0.29, 0.717) is 0 Å². The molecule has 0 saturated carbocycles. The fourth-order valence-corrected chi connectivity index (χ4v) is 2.70. The van der Waals surface area contributed by atoms with Gasteiger partial charge in [-0.05, 0) is 39.7 Å². The predicted molar refractivity (Wildman–Crippen MR) is 82.6 cm³/mol. The largest absolute Gasteiger partial charge is 0.340 e. The number of hydrogen-bond donors (Lipinski definition) is 1. The summed E-state index contributed by atoms with van der Waals surface area (Å²) < 4.78 is 0. The summed E-state index contributed by atoms with van der Waals surface area (Å²) in [7, 11) is 0. The number of nitrogens with zero attached hydrogens (tertiary/aromatic N) is 1. The highest BCUT2D eigenvalue weighted by atomic mass is 16.2. The first-order valence-electron chi connectivity index (χ1n) is 7.41. The van der Waals surface area contributed by atoms with Crippen LogP contribution in [0.15, 0.2) is 30.3 Å². The van der Waals surface area contributed by atoms with Crippen LogP contribution in [0.3, 0.4) is 0 Å². The van der Waals surface area contributed by atoms with Crippen molar-refractivity contribution in [3.8, 4) is 0 Å². The van der Waals surface area contributed by atoms with Gasteiger partial charge in [-0.3, -0.25) is 9.59 Å². The van der Waals surface area contributed by atoms with Gasteiger partial charge in [0.1, 0.15) is 11.6 Å². The molecule has 1 N–H and O–H groups in total. The van der Waals surface area contributed by atoms with Crippen molar-refractivity contribution in [1.29, 1.82) is 0 Å². The number of nitrogens with one attached hydrogen (secondary N) is 1. The van der Waals surface area contributed by atoms with Crippen molar-refractivity contribution in [2.75, 3.05) is 0 Å². The average molecular weight is 288 g/mol. The number of carbonyl (C=O) groups excluding carboxylic acids is 2. The summed E-state index contributed by atoms with van der Waals surface area (Å²) in [6, 6.07) is 8.92. The first kappa shape index (κ1) is 15.5. The van der Waals surface area contributed by atoms with Gasteiger partial charge in [0.15, 0.2) is 0 Å². The van der Waals surface area contributed by atoms with Gasteiger partial charge in [-0.2, -0.15) is 0 Å². The fourth-order valence-electron chi connectivity index (χ4n) is 2.70. The maximum atomic E-state index is 12.9. The van der Waals surface area contributed by atoms with E-state index in [1.165, 1.54) is 0 Å². The van der Waals surface area contributed by atoms with Crippen LogP contribution in [-0.2, 0) is 9.59 Å². The molecule has 4 nitrogen and oxygen atoms in total.